The molecule has 0 aromatic heterocycles. The van der Waals surface area contributed by atoms with Gasteiger partial charge in [-0.15, -0.1) is 0 Å². The topological polar surface area (TPSA) is 30.5 Å². The Bertz CT molecular complexity index is 408. The SMILES string of the molecule is CCCNC(c1cccc(OCC)c1)C(C)(CC)OCC. The molecular weight excluding hydrogens is 262 g/mol. The summed E-state index contributed by atoms with van der Waals surface area (Å²) in [4.78, 5) is 0. The van der Waals surface area contributed by atoms with Crippen molar-refractivity contribution in [2.75, 3.05) is 19.8 Å². The molecule has 1 N–H and O–H groups in total. The molecule has 0 aliphatic rings. The van der Waals surface area contributed by atoms with E-state index in [9.17, 15) is 0 Å². The van der Waals surface area contributed by atoms with E-state index >= 15 is 0 Å². The molecule has 0 bridgehead atoms. The highest BCUT2D eigenvalue weighted by Gasteiger charge is 2.34. The molecule has 0 heterocycles. The third kappa shape index (κ3) is 5.01. The first-order valence-corrected chi connectivity index (χ1v) is 8.21. The minimum atomic E-state index is -0.214. The number of hydrogen-bond donors (Lipinski definition) is 1. The van der Waals surface area contributed by atoms with Crippen molar-refractivity contribution in [3.8, 4) is 5.75 Å². The van der Waals surface area contributed by atoms with E-state index in [1.54, 1.807) is 0 Å². The zero-order valence-electron chi connectivity index (χ0n) is 14.2. The summed E-state index contributed by atoms with van der Waals surface area (Å²) in [5.41, 5.74) is 1.02. The van der Waals surface area contributed by atoms with Gasteiger partial charge in [-0.2, -0.15) is 0 Å². The molecule has 2 atom stereocenters. The highest BCUT2D eigenvalue weighted by molar-refractivity contribution is 5.32. The lowest BCUT2D eigenvalue weighted by Crippen LogP contribution is -2.43. The molecule has 1 rings (SSSR count). The van der Waals surface area contributed by atoms with Gasteiger partial charge in [-0.1, -0.05) is 26.0 Å². The smallest absolute Gasteiger partial charge is 0.119 e. The van der Waals surface area contributed by atoms with Gasteiger partial charge in [0, 0.05) is 6.61 Å². The maximum atomic E-state index is 6.09. The molecule has 1 aromatic rings. The zero-order chi connectivity index (χ0) is 15.7. The van der Waals surface area contributed by atoms with E-state index in [0.717, 1.165) is 31.7 Å². The molecule has 2 unspecified atom stereocenters. The van der Waals surface area contributed by atoms with Gasteiger partial charge in [0.2, 0.25) is 0 Å². The highest BCUT2D eigenvalue weighted by atomic mass is 16.5. The molecule has 0 fully saturated rings. The second-order valence-electron chi connectivity index (χ2n) is 5.49. The summed E-state index contributed by atoms with van der Waals surface area (Å²) in [6.45, 7) is 13.0. The van der Waals surface area contributed by atoms with Crippen LogP contribution in [-0.2, 0) is 4.74 Å². The Morgan fingerprint density at radius 3 is 2.48 bits per heavy atom. The highest BCUT2D eigenvalue weighted by Crippen LogP contribution is 2.33. The van der Waals surface area contributed by atoms with Crippen LogP contribution in [0.4, 0.5) is 0 Å². The average molecular weight is 293 g/mol. The summed E-state index contributed by atoms with van der Waals surface area (Å²) in [6, 6.07) is 8.52. The Morgan fingerprint density at radius 1 is 1.14 bits per heavy atom. The molecule has 0 saturated heterocycles. The maximum Gasteiger partial charge on any atom is 0.119 e. The van der Waals surface area contributed by atoms with Crippen LogP contribution in [0.3, 0.4) is 0 Å². The summed E-state index contributed by atoms with van der Waals surface area (Å²) in [6.07, 6.45) is 2.06. The molecular formula is C18H31NO2. The molecule has 21 heavy (non-hydrogen) atoms. The lowest BCUT2D eigenvalue weighted by molar-refractivity contribution is -0.0563. The number of ether oxygens (including phenoxy) is 2. The number of nitrogens with one attached hydrogen (secondary N) is 1. The Hall–Kier alpha value is -1.06. The number of hydrogen-bond acceptors (Lipinski definition) is 3. The molecule has 0 amide bonds. The van der Waals surface area contributed by atoms with Gasteiger partial charge >= 0.3 is 0 Å². The van der Waals surface area contributed by atoms with E-state index in [2.05, 4.69) is 51.2 Å². The zero-order valence-corrected chi connectivity index (χ0v) is 14.2. The van der Waals surface area contributed by atoms with Crippen molar-refractivity contribution in [3.05, 3.63) is 29.8 Å². The van der Waals surface area contributed by atoms with Crippen LogP contribution in [0.1, 0.15) is 59.1 Å². The van der Waals surface area contributed by atoms with Crippen molar-refractivity contribution >= 4 is 0 Å². The second kappa shape index (κ2) is 9.06. The van der Waals surface area contributed by atoms with Crippen LogP contribution in [0.15, 0.2) is 24.3 Å². The van der Waals surface area contributed by atoms with Gasteiger partial charge in [0.05, 0.1) is 18.2 Å². The van der Waals surface area contributed by atoms with Crippen LogP contribution < -0.4 is 10.1 Å². The van der Waals surface area contributed by atoms with Crippen molar-refractivity contribution in [1.82, 2.24) is 5.32 Å². The van der Waals surface area contributed by atoms with Crippen LogP contribution in [-0.4, -0.2) is 25.4 Å². The summed E-state index contributed by atoms with van der Waals surface area (Å²) < 4.78 is 11.7. The number of rotatable bonds is 10. The van der Waals surface area contributed by atoms with E-state index in [1.165, 1.54) is 5.56 Å². The first-order chi connectivity index (χ1) is 10.1. The van der Waals surface area contributed by atoms with Gasteiger partial charge in [0.1, 0.15) is 5.75 Å². The third-order valence-electron chi connectivity index (χ3n) is 3.89. The largest absolute Gasteiger partial charge is 0.494 e. The molecule has 3 heteroatoms. The Balaban J connectivity index is 3.08. The van der Waals surface area contributed by atoms with E-state index in [1.807, 2.05) is 13.0 Å². The second-order valence-corrected chi connectivity index (χ2v) is 5.49. The predicted octanol–water partition coefficient (Wildman–Crippen LogP) is 4.33. The molecule has 3 nitrogen and oxygen atoms in total. The predicted molar refractivity (Wildman–Crippen MR) is 89.0 cm³/mol. The van der Waals surface area contributed by atoms with Gasteiger partial charge in [-0.05, 0) is 57.9 Å². The molecule has 0 aliphatic heterocycles. The van der Waals surface area contributed by atoms with Crippen molar-refractivity contribution < 1.29 is 9.47 Å². The lowest BCUT2D eigenvalue weighted by atomic mass is 9.87. The van der Waals surface area contributed by atoms with Gasteiger partial charge in [0.25, 0.3) is 0 Å². The van der Waals surface area contributed by atoms with Crippen LogP contribution in [0, 0.1) is 0 Å². The molecule has 0 radical (unpaired) electrons. The van der Waals surface area contributed by atoms with E-state index in [4.69, 9.17) is 9.47 Å². The Kier molecular flexibility index (Phi) is 7.76. The van der Waals surface area contributed by atoms with Crippen LogP contribution in [0.5, 0.6) is 5.75 Å². The maximum absolute atomic E-state index is 6.09. The molecule has 0 saturated carbocycles. The molecule has 1 aromatic carbocycles. The first-order valence-electron chi connectivity index (χ1n) is 8.21. The fourth-order valence-electron chi connectivity index (χ4n) is 2.64. The quantitative estimate of drug-likeness (QED) is 0.696. The molecule has 0 aliphatic carbocycles. The van der Waals surface area contributed by atoms with Gasteiger partial charge in [0.15, 0.2) is 0 Å². The lowest BCUT2D eigenvalue weighted by Gasteiger charge is -2.38. The van der Waals surface area contributed by atoms with Gasteiger partial charge < -0.3 is 14.8 Å². The minimum Gasteiger partial charge on any atom is -0.494 e. The van der Waals surface area contributed by atoms with Crippen molar-refractivity contribution in [1.29, 1.82) is 0 Å². The Labute approximate surface area is 130 Å². The van der Waals surface area contributed by atoms with Crippen LogP contribution >= 0.6 is 0 Å². The van der Waals surface area contributed by atoms with Gasteiger partial charge in [-0.25, -0.2) is 0 Å². The fourth-order valence-corrected chi connectivity index (χ4v) is 2.64. The van der Waals surface area contributed by atoms with E-state index in [0.29, 0.717) is 6.61 Å². The molecule has 0 spiro atoms. The van der Waals surface area contributed by atoms with E-state index < -0.39 is 0 Å². The third-order valence-corrected chi connectivity index (χ3v) is 3.89. The van der Waals surface area contributed by atoms with Crippen LogP contribution in [0.25, 0.3) is 0 Å². The summed E-state index contributed by atoms with van der Waals surface area (Å²) in [7, 11) is 0. The monoisotopic (exact) mass is 293 g/mol. The standard InChI is InChI=1S/C18H31NO2/c1-6-13-19-17(18(5,7-2)21-9-4)15-11-10-12-16(14-15)20-8-3/h10-12,14,17,19H,6-9,13H2,1-5H3. The van der Waals surface area contributed by atoms with E-state index in [-0.39, 0.29) is 11.6 Å². The summed E-state index contributed by atoms with van der Waals surface area (Å²) in [5.74, 6) is 0.924. The van der Waals surface area contributed by atoms with Crippen molar-refractivity contribution in [3.63, 3.8) is 0 Å². The normalized spacial score (nSPS) is 15.5. The average Bonchev–Trinajstić information content (AvgIpc) is 2.48. The number of benzene rings is 1. The van der Waals surface area contributed by atoms with Crippen LogP contribution in [0.2, 0.25) is 0 Å². The van der Waals surface area contributed by atoms with Crippen molar-refractivity contribution in [2.45, 2.75) is 59.1 Å². The fraction of sp³-hybridized carbons (Fsp3) is 0.667. The van der Waals surface area contributed by atoms with Gasteiger partial charge in [-0.3, -0.25) is 0 Å². The first kappa shape index (κ1) is 18.0. The minimum absolute atomic E-state index is 0.169. The summed E-state index contributed by atoms with van der Waals surface area (Å²) in [5, 5.41) is 3.65. The summed E-state index contributed by atoms with van der Waals surface area (Å²) >= 11 is 0. The molecule has 120 valence electrons. The Morgan fingerprint density at radius 2 is 1.90 bits per heavy atom. The van der Waals surface area contributed by atoms with Crippen molar-refractivity contribution in [2.24, 2.45) is 0 Å².